The number of aromatic carboxylic acids is 1. The molecule has 0 radical (unpaired) electrons. The van der Waals surface area contributed by atoms with Gasteiger partial charge in [-0.15, -0.1) is 6.58 Å². The van der Waals surface area contributed by atoms with E-state index in [1.54, 1.807) is 30.3 Å². The third-order valence-electron chi connectivity index (χ3n) is 2.51. The minimum atomic E-state index is -0.931. The van der Waals surface area contributed by atoms with Crippen molar-refractivity contribution in [1.82, 2.24) is 5.32 Å². The summed E-state index contributed by atoms with van der Waals surface area (Å²) in [5.74, 6) is -0.920. The molecule has 1 aromatic carbocycles. The maximum atomic E-state index is 11.3. The van der Waals surface area contributed by atoms with E-state index in [-0.39, 0.29) is 11.5 Å². The van der Waals surface area contributed by atoms with Crippen LogP contribution in [-0.2, 0) is 11.2 Å². The predicted molar refractivity (Wildman–Crippen MR) is 69.5 cm³/mol. The van der Waals surface area contributed by atoms with Gasteiger partial charge in [-0.05, 0) is 30.5 Å². The van der Waals surface area contributed by atoms with Crippen molar-refractivity contribution in [3.8, 4) is 0 Å². The van der Waals surface area contributed by atoms with Gasteiger partial charge >= 0.3 is 5.97 Å². The van der Waals surface area contributed by atoms with Crippen LogP contribution in [-0.4, -0.2) is 23.5 Å². The maximum Gasteiger partial charge on any atom is 0.335 e. The molecule has 18 heavy (non-hydrogen) atoms. The Morgan fingerprint density at radius 2 is 1.94 bits per heavy atom. The van der Waals surface area contributed by atoms with Crippen LogP contribution < -0.4 is 5.32 Å². The average molecular weight is 247 g/mol. The number of hydrogen-bond donors (Lipinski definition) is 2. The van der Waals surface area contributed by atoms with E-state index in [1.165, 1.54) is 0 Å². The van der Waals surface area contributed by atoms with Gasteiger partial charge in [0.25, 0.3) is 0 Å². The summed E-state index contributed by atoms with van der Waals surface area (Å²) in [4.78, 5) is 21.9. The monoisotopic (exact) mass is 247 g/mol. The molecule has 2 N–H and O–H groups in total. The quantitative estimate of drug-likeness (QED) is 0.724. The van der Waals surface area contributed by atoms with Gasteiger partial charge in [-0.2, -0.15) is 0 Å². The largest absolute Gasteiger partial charge is 0.478 e. The lowest BCUT2D eigenvalue weighted by molar-refractivity contribution is -0.120. The Kier molecular flexibility index (Phi) is 5.64. The summed E-state index contributed by atoms with van der Waals surface area (Å²) in [6.45, 7) is 4.11. The van der Waals surface area contributed by atoms with E-state index in [9.17, 15) is 9.59 Å². The fourth-order valence-corrected chi connectivity index (χ4v) is 1.48. The highest BCUT2D eigenvalue weighted by molar-refractivity contribution is 5.87. The van der Waals surface area contributed by atoms with Crippen LogP contribution in [0.5, 0.6) is 0 Å². The molecule has 0 aromatic heterocycles. The Balaban J connectivity index is 2.33. The van der Waals surface area contributed by atoms with Crippen LogP contribution in [0.1, 0.15) is 28.8 Å². The lowest BCUT2D eigenvalue weighted by atomic mass is 10.1. The molecule has 1 rings (SSSR count). The van der Waals surface area contributed by atoms with Gasteiger partial charge in [-0.1, -0.05) is 18.2 Å². The molecule has 0 saturated carbocycles. The number of carbonyl (C=O) groups excluding carboxylic acids is 1. The molecule has 0 saturated heterocycles. The summed E-state index contributed by atoms with van der Waals surface area (Å²) < 4.78 is 0. The van der Waals surface area contributed by atoms with Crippen molar-refractivity contribution in [2.24, 2.45) is 0 Å². The van der Waals surface area contributed by atoms with Crippen LogP contribution in [0.4, 0.5) is 0 Å². The second-order valence-electron chi connectivity index (χ2n) is 3.93. The summed E-state index contributed by atoms with van der Waals surface area (Å²) in [7, 11) is 0. The molecular formula is C14H17NO3. The number of nitrogens with one attached hydrogen (secondary N) is 1. The number of benzene rings is 1. The van der Waals surface area contributed by atoms with E-state index in [0.717, 1.165) is 5.56 Å². The topological polar surface area (TPSA) is 66.4 Å². The first-order valence-electron chi connectivity index (χ1n) is 5.83. The van der Waals surface area contributed by atoms with E-state index in [1.807, 2.05) is 0 Å². The lowest BCUT2D eigenvalue weighted by Crippen LogP contribution is -2.25. The van der Waals surface area contributed by atoms with E-state index in [2.05, 4.69) is 11.9 Å². The molecule has 1 amide bonds. The minimum absolute atomic E-state index is 0.0112. The summed E-state index contributed by atoms with van der Waals surface area (Å²) in [6.07, 6.45) is 3.55. The number of allylic oxidation sites excluding steroid dienone is 1. The number of amides is 1. The average Bonchev–Trinajstić information content (AvgIpc) is 2.37. The summed E-state index contributed by atoms with van der Waals surface area (Å²) >= 11 is 0. The molecule has 4 heteroatoms. The third kappa shape index (κ3) is 4.82. The number of rotatable bonds is 7. The van der Waals surface area contributed by atoms with Gasteiger partial charge in [0.1, 0.15) is 0 Å². The lowest BCUT2D eigenvalue weighted by Gasteiger charge is -2.04. The zero-order valence-electron chi connectivity index (χ0n) is 10.2. The van der Waals surface area contributed by atoms with Gasteiger partial charge < -0.3 is 10.4 Å². The summed E-state index contributed by atoms with van der Waals surface area (Å²) in [6, 6.07) is 6.66. The van der Waals surface area contributed by atoms with Crippen molar-refractivity contribution in [1.29, 1.82) is 0 Å². The second kappa shape index (κ2) is 7.27. The standard InChI is InChI=1S/C14H17NO3/c1-2-3-4-13(16)15-10-9-11-5-7-12(8-6-11)14(17)18/h2,5-8H,1,3-4,9-10H2,(H,15,16)(H,17,18). The van der Waals surface area contributed by atoms with Crippen molar-refractivity contribution < 1.29 is 14.7 Å². The fraction of sp³-hybridized carbons (Fsp3) is 0.286. The highest BCUT2D eigenvalue weighted by Gasteiger charge is 2.02. The zero-order chi connectivity index (χ0) is 13.4. The first-order chi connectivity index (χ1) is 8.63. The number of hydrogen-bond acceptors (Lipinski definition) is 2. The molecule has 0 fully saturated rings. The Morgan fingerprint density at radius 1 is 1.28 bits per heavy atom. The number of carbonyl (C=O) groups is 2. The SMILES string of the molecule is C=CCCC(=O)NCCc1ccc(C(=O)O)cc1. The van der Waals surface area contributed by atoms with Crippen LogP contribution in [0.15, 0.2) is 36.9 Å². The molecule has 0 aliphatic heterocycles. The van der Waals surface area contributed by atoms with Gasteiger partial charge in [-0.3, -0.25) is 4.79 Å². The normalized spacial score (nSPS) is 9.78. The Hall–Kier alpha value is -2.10. The molecule has 0 unspecified atom stereocenters. The molecule has 0 spiro atoms. The second-order valence-corrected chi connectivity index (χ2v) is 3.93. The molecule has 1 aromatic rings. The number of carboxylic acids is 1. The van der Waals surface area contributed by atoms with E-state index >= 15 is 0 Å². The Morgan fingerprint density at radius 3 is 2.50 bits per heavy atom. The smallest absolute Gasteiger partial charge is 0.335 e. The zero-order valence-corrected chi connectivity index (χ0v) is 10.2. The summed E-state index contributed by atoms with van der Waals surface area (Å²) in [5, 5.41) is 11.5. The van der Waals surface area contributed by atoms with Crippen LogP contribution in [0.2, 0.25) is 0 Å². The van der Waals surface area contributed by atoms with Gasteiger partial charge in [0.15, 0.2) is 0 Å². The van der Waals surface area contributed by atoms with Crippen molar-refractivity contribution in [2.45, 2.75) is 19.3 Å². The van der Waals surface area contributed by atoms with Gasteiger partial charge in [0.2, 0.25) is 5.91 Å². The van der Waals surface area contributed by atoms with Gasteiger partial charge in [0.05, 0.1) is 5.56 Å². The molecule has 0 heterocycles. The van der Waals surface area contributed by atoms with Crippen LogP contribution in [0.3, 0.4) is 0 Å². The van der Waals surface area contributed by atoms with E-state index in [4.69, 9.17) is 5.11 Å². The summed E-state index contributed by atoms with van der Waals surface area (Å²) in [5.41, 5.74) is 1.28. The highest BCUT2D eigenvalue weighted by Crippen LogP contribution is 2.04. The molecule has 96 valence electrons. The van der Waals surface area contributed by atoms with Crippen molar-refractivity contribution in [3.63, 3.8) is 0 Å². The van der Waals surface area contributed by atoms with Gasteiger partial charge in [0, 0.05) is 13.0 Å². The van der Waals surface area contributed by atoms with Crippen molar-refractivity contribution >= 4 is 11.9 Å². The molecule has 4 nitrogen and oxygen atoms in total. The molecular weight excluding hydrogens is 230 g/mol. The first kappa shape index (κ1) is 14.0. The molecule has 0 atom stereocenters. The van der Waals surface area contributed by atoms with Crippen molar-refractivity contribution in [2.75, 3.05) is 6.54 Å². The van der Waals surface area contributed by atoms with E-state index in [0.29, 0.717) is 25.8 Å². The predicted octanol–water partition coefficient (Wildman–Crippen LogP) is 2.01. The fourth-order valence-electron chi connectivity index (χ4n) is 1.48. The number of carboxylic acid groups (broad SMARTS) is 1. The third-order valence-corrected chi connectivity index (χ3v) is 2.51. The van der Waals surface area contributed by atoms with Gasteiger partial charge in [-0.25, -0.2) is 4.79 Å². The molecule has 0 aliphatic carbocycles. The molecule has 0 bridgehead atoms. The Labute approximate surface area is 106 Å². The van der Waals surface area contributed by atoms with Crippen LogP contribution in [0.25, 0.3) is 0 Å². The van der Waals surface area contributed by atoms with Crippen LogP contribution >= 0.6 is 0 Å². The maximum absolute atomic E-state index is 11.3. The van der Waals surface area contributed by atoms with Crippen molar-refractivity contribution in [3.05, 3.63) is 48.0 Å². The Bertz CT molecular complexity index is 423. The highest BCUT2D eigenvalue weighted by atomic mass is 16.4. The first-order valence-corrected chi connectivity index (χ1v) is 5.83. The van der Waals surface area contributed by atoms with Crippen LogP contribution in [0, 0.1) is 0 Å². The van der Waals surface area contributed by atoms with E-state index < -0.39 is 5.97 Å². The minimum Gasteiger partial charge on any atom is -0.478 e. The molecule has 0 aliphatic rings.